The van der Waals surface area contributed by atoms with E-state index in [-0.39, 0.29) is 17.9 Å². The van der Waals surface area contributed by atoms with Gasteiger partial charge < -0.3 is 15.5 Å². The van der Waals surface area contributed by atoms with Gasteiger partial charge in [-0.2, -0.15) is 5.10 Å². The number of hydrogen-bond acceptors (Lipinski definition) is 4. The molecule has 25 heavy (non-hydrogen) atoms. The quantitative estimate of drug-likeness (QED) is 0.895. The second-order valence-electron chi connectivity index (χ2n) is 6.62. The van der Waals surface area contributed by atoms with Crippen LogP contribution < -0.4 is 15.5 Å². The molecule has 0 radical (unpaired) electrons. The first-order valence-corrected chi connectivity index (χ1v) is 8.59. The zero-order valence-electron chi connectivity index (χ0n) is 14.2. The van der Waals surface area contributed by atoms with Crippen molar-refractivity contribution in [2.45, 2.75) is 31.7 Å². The van der Waals surface area contributed by atoms with Gasteiger partial charge in [0, 0.05) is 37.6 Å². The van der Waals surface area contributed by atoms with E-state index in [1.165, 1.54) is 0 Å². The Labute approximate surface area is 146 Å². The van der Waals surface area contributed by atoms with Gasteiger partial charge in [-0.05, 0) is 37.0 Å². The van der Waals surface area contributed by atoms with Gasteiger partial charge in [0.25, 0.3) is 0 Å². The average molecular weight is 339 g/mol. The standard InChI is InChI=1S/C18H21N5O2/c1-22-11-14(10-19-22)23-8-2-3-15(18(23)25)20-13-6-4-12-5-7-17(24)21-16(12)9-13/h4,6,9-11,15,20H,2-3,5,7-8H2,1H3,(H,21,24)/t15-/m0/s1. The van der Waals surface area contributed by atoms with Crippen LogP contribution in [-0.2, 0) is 23.1 Å². The van der Waals surface area contributed by atoms with Gasteiger partial charge in [-0.25, -0.2) is 0 Å². The number of aromatic nitrogens is 2. The van der Waals surface area contributed by atoms with E-state index in [0.29, 0.717) is 13.0 Å². The van der Waals surface area contributed by atoms with Crippen molar-refractivity contribution >= 4 is 28.9 Å². The molecule has 1 atom stereocenters. The minimum atomic E-state index is -0.272. The van der Waals surface area contributed by atoms with Crippen molar-refractivity contribution in [2.75, 3.05) is 22.1 Å². The summed E-state index contributed by atoms with van der Waals surface area (Å²) >= 11 is 0. The van der Waals surface area contributed by atoms with E-state index < -0.39 is 0 Å². The second-order valence-corrected chi connectivity index (χ2v) is 6.62. The van der Waals surface area contributed by atoms with Gasteiger partial charge in [-0.1, -0.05) is 6.07 Å². The van der Waals surface area contributed by atoms with Crippen molar-refractivity contribution in [1.82, 2.24) is 9.78 Å². The summed E-state index contributed by atoms with van der Waals surface area (Å²) in [4.78, 5) is 26.2. The van der Waals surface area contributed by atoms with E-state index in [1.807, 2.05) is 31.4 Å². The van der Waals surface area contributed by atoms with Gasteiger partial charge >= 0.3 is 0 Å². The molecular weight excluding hydrogens is 318 g/mol. The summed E-state index contributed by atoms with van der Waals surface area (Å²) in [5, 5.41) is 10.4. The molecule has 2 N–H and O–H groups in total. The molecule has 0 saturated carbocycles. The first-order chi connectivity index (χ1) is 12.1. The Morgan fingerprint density at radius 1 is 1.28 bits per heavy atom. The van der Waals surface area contributed by atoms with Crippen LogP contribution in [0.2, 0.25) is 0 Å². The third kappa shape index (κ3) is 3.09. The van der Waals surface area contributed by atoms with E-state index >= 15 is 0 Å². The van der Waals surface area contributed by atoms with Gasteiger partial charge in [0.1, 0.15) is 6.04 Å². The van der Waals surface area contributed by atoms with E-state index in [4.69, 9.17) is 0 Å². The number of fused-ring (bicyclic) bond motifs is 1. The number of carbonyl (C=O) groups excluding carboxylic acids is 2. The van der Waals surface area contributed by atoms with E-state index in [2.05, 4.69) is 15.7 Å². The molecule has 0 bridgehead atoms. The van der Waals surface area contributed by atoms with Crippen molar-refractivity contribution in [3.63, 3.8) is 0 Å². The maximum Gasteiger partial charge on any atom is 0.249 e. The molecule has 3 heterocycles. The highest BCUT2D eigenvalue weighted by Crippen LogP contribution is 2.28. The lowest BCUT2D eigenvalue weighted by Gasteiger charge is -2.32. The predicted molar refractivity (Wildman–Crippen MR) is 95.6 cm³/mol. The highest BCUT2D eigenvalue weighted by Gasteiger charge is 2.30. The fourth-order valence-corrected chi connectivity index (χ4v) is 3.48. The van der Waals surface area contributed by atoms with E-state index in [9.17, 15) is 9.59 Å². The number of amides is 2. The van der Waals surface area contributed by atoms with Crippen molar-refractivity contribution < 1.29 is 9.59 Å². The number of nitrogens with zero attached hydrogens (tertiary/aromatic N) is 3. The van der Waals surface area contributed by atoms with Crippen LogP contribution in [0.15, 0.2) is 30.6 Å². The Balaban J connectivity index is 1.51. The Bertz CT molecular complexity index is 829. The average Bonchev–Trinajstić information content (AvgIpc) is 3.02. The van der Waals surface area contributed by atoms with E-state index in [0.717, 1.165) is 41.9 Å². The molecule has 2 aliphatic rings. The zero-order chi connectivity index (χ0) is 17.4. The van der Waals surface area contributed by atoms with Gasteiger partial charge in [0.05, 0.1) is 11.9 Å². The predicted octanol–water partition coefficient (Wildman–Crippen LogP) is 1.91. The number of nitrogens with one attached hydrogen (secondary N) is 2. The van der Waals surface area contributed by atoms with Crippen LogP contribution >= 0.6 is 0 Å². The largest absolute Gasteiger partial charge is 0.374 e. The molecule has 0 spiro atoms. The SMILES string of the molecule is Cn1cc(N2CCC[C@H](Nc3ccc4c(c3)NC(=O)CC4)C2=O)cn1. The lowest BCUT2D eigenvalue weighted by molar-refractivity contribution is -0.120. The van der Waals surface area contributed by atoms with Crippen LogP contribution in [0.4, 0.5) is 17.1 Å². The molecule has 1 saturated heterocycles. The van der Waals surface area contributed by atoms with Crippen molar-refractivity contribution in [3.8, 4) is 0 Å². The third-order valence-electron chi connectivity index (χ3n) is 4.79. The summed E-state index contributed by atoms with van der Waals surface area (Å²) in [5.41, 5.74) is 3.66. The summed E-state index contributed by atoms with van der Waals surface area (Å²) in [7, 11) is 1.84. The van der Waals surface area contributed by atoms with Gasteiger partial charge in [0.2, 0.25) is 11.8 Å². The smallest absolute Gasteiger partial charge is 0.249 e. The normalized spacial score (nSPS) is 20.2. The fraction of sp³-hybridized carbons (Fsp3) is 0.389. The van der Waals surface area contributed by atoms with Crippen LogP contribution in [0.25, 0.3) is 0 Å². The maximum atomic E-state index is 12.8. The van der Waals surface area contributed by atoms with Crippen LogP contribution in [0, 0.1) is 0 Å². The second kappa shape index (κ2) is 6.23. The van der Waals surface area contributed by atoms with Gasteiger partial charge in [-0.15, -0.1) is 0 Å². The van der Waals surface area contributed by atoms with Crippen LogP contribution in [0.3, 0.4) is 0 Å². The monoisotopic (exact) mass is 339 g/mol. The summed E-state index contributed by atoms with van der Waals surface area (Å²) in [6, 6.07) is 5.64. The minimum Gasteiger partial charge on any atom is -0.374 e. The molecule has 7 heteroatoms. The van der Waals surface area contributed by atoms with E-state index in [1.54, 1.807) is 15.8 Å². The third-order valence-corrected chi connectivity index (χ3v) is 4.79. The molecule has 130 valence electrons. The Kier molecular flexibility index (Phi) is 3.91. The highest BCUT2D eigenvalue weighted by molar-refractivity contribution is 5.99. The molecule has 0 aliphatic carbocycles. The Hall–Kier alpha value is -2.83. The van der Waals surface area contributed by atoms with Crippen LogP contribution in [0.5, 0.6) is 0 Å². The zero-order valence-corrected chi connectivity index (χ0v) is 14.2. The molecule has 7 nitrogen and oxygen atoms in total. The van der Waals surface area contributed by atoms with Crippen molar-refractivity contribution in [3.05, 3.63) is 36.2 Å². The summed E-state index contributed by atoms with van der Waals surface area (Å²) in [5.74, 6) is 0.0992. The Morgan fingerprint density at radius 3 is 2.96 bits per heavy atom. The molecule has 2 amide bonds. The maximum absolute atomic E-state index is 12.8. The minimum absolute atomic E-state index is 0.0427. The van der Waals surface area contributed by atoms with Crippen LogP contribution in [-0.4, -0.2) is 34.2 Å². The van der Waals surface area contributed by atoms with Crippen molar-refractivity contribution in [2.24, 2.45) is 7.05 Å². The number of aryl methyl sites for hydroxylation is 2. The highest BCUT2D eigenvalue weighted by atomic mass is 16.2. The Morgan fingerprint density at radius 2 is 2.16 bits per heavy atom. The van der Waals surface area contributed by atoms with Crippen molar-refractivity contribution in [1.29, 1.82) is 0 Å². The lowest BCUT2D eigenvalue weighted by atomic mass is 10.0. The lowest BCUT2D eigenvalue weighted by Crippen LogP contribution is -2.47. The number of benzene rings is 1. The molecule has 1 aromatic heterocycles. The number of anilines is 3. The molecule has 2 aromatic rings. The topological polar surface area (TPSA) is 79.3 Å². The summed E-state index contributed by atoms with van der Waals surface area (Å²) in [6.07, 6.45) is 6.59. The molecule has 1 fully saturated rings. The number of hydrogen-bond donors (Lipinski definition) is 2. The number of carbonyl (C=O) groups is 2. The van der Waals surface area contributed by atoms with Gasteiger partial charge in [-0.3, -0.25) is 14.3 Å². The molecule has 0 unspecified atom stereocenters. The number of rotatable bonds is 3. The molecular formula is C18H21N5O2. The summed E-state index contributed by atoms with van der Waals surface area (Å²) in [6.45, 7) is 0.711. The number of piperidine rings is 1. The molecule has 4 rings (SSSR count). The van der Waals surface area contributed by atoms with Gasteiger partial charge in [0.15, 0.2) is 0 Å². The molecule has 2 aliphatic heterocycles. The summed E-state index contributed by atoms with van der Waals surface area (Å²) < 4.78 is 1.70. The van der Waals surface area contributed by atoms with Crippen LogP contribution in [0.1, 0.15) is 24.8 Å². The first kappa shape index (κ1) is 15.7. The fourth-order valence-electron chi connectivity index (χ4n) is 3.48. The molecule has 1 aromatic carbocycles. The first-order valence-electron chi connectivity index (χ1n) is 8.59.